The molecule has 0 spiro atoms. The van der Waals surface area contributed by atoms with Crippen LogP contribution in [0.3, 0.4) is 0 Å². The molecule has 2 rings (SSSR count). The first-order valence-corrected chi connectivity index (χ1v) is 12.2. The van der Waals surface area contributed by atoms with Crippen molar-refractivity contribution in [2.24, 2.45) is 0 Å². The Bertz CT molecular complexity index is 1060. The van der Waals surface area contributed by atoms with Crippen molar-refractivity contribution in [1.82, 2.24) is 5.32 Å². The number of carbonyl (C=O) groups excluding carboxylic acids is 1. The maximum absolute atomic E-state index is 12.8. The van der Waals surface area contributed by atoms with Gasteiger partial charge in [-0.15, -0.1) is 0 Å². The molecule has 1 amide bonds. The van der Waals surface area contributed by atoms with Crippen LogP contribution in [0.15, 0.2) is 30.3 Å². The van der Waals surface area contributed by atoms with Crippen molar-refractivity contribution in [3.05, 3.63) is 58.1 Å². The van der Waals surface area contributed by atoms with E-state index in [1.54, 1.807) is 19.2 Å². The van der Waals surface area contributed by atoms with E-state index in [1.165, 1.54) is 0 Å². The zero-order chi connectivity index (χ0) is 23.5. The van der Waals surface area contributed by atoms with Gasteiger partial charge in [0, 0.05) is 0 Å². The maximum Gasteiger partial charge on any atom is 0.241 e. The Balaban J connectivity index is 2.27. The van der Waals surface area contributed by atoms with Gasteiger partial charge in [-0.3, -0.25) is 9.10 Å². The second-order valence-corrected chi connectivity index (χ2v) is 10.3. The summed E-state index contributed by atoms with van der Waals surface area (Å²) in [6.45, 7) is 11.7. The summed E-state index contributed by atoms with van der Waals surface area (Å²) in [7, 11) is -1.97. The van der Waals surface area contributed by atoms with Crippen molar-refractivity contribution in [2.45, 2.75) is 53.5 Å². The lowest BCUT2D eigenvalue weighted by molar-refractivity contribution is -0.120. The number of anilines is 1. The molecule has 1 unspecified atom stereocenters. The number of aryl methyl sites for hydroxylation is 3. The molecular weight excluding hydrogens is 412 g/mol. The number of hydrogen-bond donors (Lipinski definition) is 1. The van der Waals surface area contributed by atoms with Crippen LogP contribution in [-0.2, 0) is 14.8 Å². The Kier molecular flexibility index (Phi) is 7.76. The number of carbonyl (C=O) groups is 1. The first-order valence-electron chi connectivity index (χ1n) is 10.4. The third-order valence-corrected chi connectivity index (χ3v) is 6.69. The fourth-order valence-corrected chi connectivity index (χ4v) is 4.43. The van der Waals surface area contributed by atoms with Gasteiger partial charge in [-0.2, -0.15) is 0 Å². The van der Waals surface area contributed by atoms with Gasteiger partial charge in [-0.05, 0) is 85.7 Å². The molecule has 1 N–H and O–H groups in total. The van der Waals surface area contributed by atoms with E-state index in [4.69, 9.17) is 4.74 Å². The van der Waals surface area contributed by atoms with Crippen LogP contribution in [0.4, 0.5) is 5.69 Å². The minimum Gasteiger partial charge on any atom is -0.496 e. The molecule has 0 aliphatic rings. The monoisotopic (exact) mass is 446 g/mol. The number of nitrogens with zero attached hydrogens (tertiary/aromatic N) is 1. The predicted octanol–water partition coefficient (Wildman–Crippen LogP) is 4.39. The topological polar surface area (TPSA) is 75.7 Å². The summed E-state index contributed by atoms with van der Waals surface area (Å²) in [5.74, 6) is 0.730. The minimum atomic E-state index is -3.62. The fraction of sp³-hybridized carbons (Fsp3) is 0.458. The highest BCUT2D eigenvalue weighted by Crippen LogP contribution is 2.32. The number of sulfonamides is 1. The van der Waals surface area contributed by atoms with Gasteiger partial charge in [0.05, 0.1) is 25.1 Å². The minimum absolute atomic E-state index is 0.266. The molecule has 7 heteroatoms. The molecule has 0 heterocycles. The summed E-state index contributed by atoms with van der Waals surface area (Å²) in [6, 6.07) is 9.12. The van der Waals surface area contributed by atoms with E-state index < -0.39 is 10.0 Å². The van der Waals surface area contributed by atoms with E-state index >= 15 is 0 Å². The Morgan fingerprint density at radius 3 is 2.16 bits per heavy atom. The Labute approximate surface area is 186 Å². The zero-order valence-electron chi connectivity index (χ0n) is 19.7. The number of benzene rings is 2. The lowest BCUT2D eigenvalue weighted by Gasteiger charge is -2.25. The summed E-state index contributed by atoms with van der Waals surface area (Å²) in [4.78, 5) is 12.8. The Morgan fingerprint density at radius 1 is 1.00 bits per heavy atom. The summed E-state index contributed by atoms with van der Waals surface area (Å²) in [5.41, 5.74) is 5.56. The predicted molar refractivity (Wildman–Crippen MR) is 126 cm³/mol. The van der Waals surface area contributed by atoms with E-state index in [0.717, 1.165) is 44.1 Å². The van der Waals surface area contributed by atoms with Crippen LogP contribution < -0.4 is 14.4 Å². The van der Waals surface area contributed by atoms with Crippen LogP contribution in [0.5, 0.6) is 5.75 Å². The molecule has 0 radical (unpaired) electrons. The van der Waals surface area contributed by atoms with E-state index in [9.17, 15) is 13.2 Å². The molecule has 2 aromatic rings. The van der Waals surface area contributed by atoms with Crippen molar-refractivity contribution < 1.29 is 17.9 Å². The van der Waals surface area contributed by atoms with E-state index in [0.29, 0.717) is 5.69 Å². The van der Waals surface area contributed by atoms with E-state index in [2.05, 4.69) is 25.2 Å². The number of hydrogen-bond acceptors (Lipinski definition) is 4. The first-order chi connectivity index (χ1) is 14.3. The number of nitrogens with one attached hydrogen (secondary N) is 1. The van der Waals surface area contributed by atoms with Gasteiger partial charge in [0.2, 0.25) is 15.9 Å². The first kappa shape index (κ1) is 24.7. The number of ether oxygens (including phenoxy) is 1. The molecule has 0 saturated heterocycles. The smallest absolute Gasteiger partial charge is 0.241 e. The lowest BCUT2D eigenvalue weighted by atomic mass is 9.93. The molecule has 0 aromatic heterocycles. The maximum atomic E-state index is 12.8. The summed E-state index contributed by atoms with van der Waals surface area (Å²) < 4.78 is 31.4. The molecule has 0 aliphatic heterocycles. The van der Waals surface area contributed by atoms with Gasteiger partial charge in [0.15, 0.2) is 0 Å². The van der Waals surface area contributed by atoms with Gasteiger partial charge >= 0.3 is 0 Å². The van der Waals surface area contributed by atoms with Crippen molar-refractivity contribution in [2.75, 3.05) is 24.2 Å². The summed E-state index contributed by atoms with van der Waals surface area (Å²) >= 11 is 0. The van der Waals surface area contributed by atoms with Crippen LogP contribution in [0.25, 0.3) is 0 Å². The quantitative estimate of drug-likeness (QED) is 0.653. The number of rotatable bonds is 8. The zero-order valence-corrected chi connectivity index (χ0v) is 20.6. The average molecular weight is 447 g/mol. The third-order valence-electron chi connectivity index (χ3n) is 5.55. The molecule has 0 bridgehead atoms. The Morgan fingerprint density at radius 2 is 1.65 bits per heavy atom. The van der Waals surface area contributed by atoms with Gasteiger partial charge in [-0.25, -0.2) is 8.42 Å². The van der Waals surface area contributed by atoms with Crippen molar-refractivity contribution in [3.8, 4) is 5.75 Å². The number of methoxy groups -OCH3 is 1. The molecule has 0 saturated carbocycles. The van der Waals surface area contributed by atoms with Crippen molar-refractivity contribution in [1.29, 1.82) is 0 Å². The van der Waals surface area contributed by atoms with Crippen LogP contribution in [0, 0.1) is 20.8 Å². The molecule has 0 aliphatic carbocycles. The molecule has 1 atom stereocenters. The lowest BCUT2D eigenvalue weighted by Crippen LogP contribution is -2.41. The third kappa shape index (κ3) is 6.00. The van der Waals surface area contributed by atoms with Gasteiger partial charge in [0.1, 0.15) is 12.3 Å². The molecular formula is C24H34N2O4S. The molecule has 0 fully saturated rings. The highest BCUT2D eigenvalue weighted by atomic mass is 32.2. The summed E-state index contributed by atoms with van der Waals surface area (Å²) in [5, 5.41) is 2.95. The van der Waals surface area contributed by atoms with Crippen molar-refractivity contribution in [3.63, 3.8) is 0 Å². The largest absolute Gasteiger partial charge is 0.496 e. The number of amides is 1. The van der Waals surface area contributed by atoms with Crippen LogP contribution >= 0.6 is 0 Å². The van der Waals surface area contributed by atoms with Gasteiger partial charge in [-0.1, -0.05) is 19.9 Å². The second kappa shape index (κ2) is 9.73. The van der Waals surface area contributed by atoms with E-state index in [-0.39, 0.29) is 24.4 Å². The highest BCUT2D eigenvalue weighted by molar-refractivity contribution is 7.92. The molecule has 2 aromatic carbocycles. The Hall–Kier alpha value is -2.54. The average Bonchev–Trinajstić information content (AvgIpc) is 2.66. The molecule has 170 valence electrons. The highest BCUT2D eigenvalue weighted by Gasteiger charge is 2.23. The van der Waals surface area contributed by atoms with Crippen LogP contribution in [0.1, 0.15) is 60.5 Å². The normalized spacial score (nSPS) is 12.5. The fourth-order valence-electron chi connectivity index (χ4n) is 3.59. The van der Waals surface area contributed by atoms with E-state index in [1.807, 2.05) is 39.8 Å². The standard InChI is InChI=1S/C24H34N2O4S/c1-15(2)21-13-22(18(5)12-23(21)30-7)19(6)25-24(27)14-26(31(8,28)29)20-10-9-16(3)17(4)11-20/h9-13,15,19H,14H2,1-8H3,(H,25,27). The van der Waals surface area contributed by atoms with Crippen molar-refractivity contribution >= 4 is 21.6 Å². The summed E-state index contributed by atoms with van der Waals surface area (Å²) in [6.07, 6.45) is 1.11. The molecule has 6 nitrogen and oxygen atoms in total. The SMILES string of the molecule is COc1cc(C)c(C(C)NC(=O)CN(c2ccc(C)c(C)c2)S(C)(=O)=O)cc1C(C)C. The van der Waals surface area contributed by atoms with Crippen LogP contribution in [0.2, 0.25) is 0 Å². The van der Waals surface area contributed by atoms with Gasteiger partial charge in [0.25, 0.3) is 0 Å². The van der Waals surface area contributed by atoms with Crippen LogP contribution in [-0.4, -0.2) is 34.2 Å². The second-order valence-electron chi connectivity index (χ2n) is 8.43. The molecule has 31 heavy (non-hydrogen) atoms. The van der Waals surface area contributed by atoms with Gasteiger partial charge < -0.3 is 10.1 Å².